The Labute approximate surface area is 108 Å². The number of aliphatic hydroxyl groups excluding tert-OH is 4. The molecule has 4 N–H and O–H groups in total. The van der Waals surface area contributed by atoms with Crippen molar-refractivity contribution < 1.29 is 30.0 Å². The predicted molar refractivity (Wildman–Crippen MR) is 66.8 cm³/mol. The molecule has 18 heavy (non-hydrogen) atoms. The Morgan fingerprint density at radius 1 is 0.944 bits per heavy atom. The van der Waals surface area contributed by atoms with Crippen LogP contribution in [0.1, 0.15) is 20.8 Å². The largest absolute Gasteiger partial charge is 0.466 e. The topological polar surface area (TPSA) is 107 Å². The molecule has 108 valence electrons. The number of allylic oxidation sites excluding steroid dienone is 1. The molecule has 0 amide bonds. The standard InChI is InChI=1S/C7H12O2.C5H12O4/c1-5(2)6(3)7(8)9-4;6-1-5(2-7,3-8)4-9/h1-4H3;6-9H,1-4H2. The van der Waals surface area contributed by atoms with Crippen molar-refractivity contribution in [2.45, 2.75) is 20.8 Å². The fourth-order valence-electron chi connectivity index (χ4n) is 0.657. The summed E-state index contributed by atoms with van der Waals surface area (Å²) in [4.78, 5) is 10.7. The molecule has 0 aliphatic carbocycles. The van der Waals surface area contributed by atoms with Crippen molar-refractivity contribution in [3.8, 4) is 0 Å². The van der Waals surface area contributed by atoms with Crippen LogP contribution in [0, 0.1) is 5.41 Å². The van der Waals surface area contributed by atoms with Gasteiger partial charge in [0.05, 0.1) is 39.0 Å². The van der Waals surface area contributed by atoms with Crippen LogP contribution >= 0.6 is 0 Å². The smallest absolute Gasteiger partial charge is 0.333 e. The van der Waals surface area contributed by atoms with E-state index in [2.05, 4.69) is 4.74 Å². The van der Waals surface area contributed by atoms with Gasteiger partial charge in [0.25, 0.3) is 0 Å². The minimum Gasteiger partial charge on any atom is -0.466 e. The zero-order valence-electron chi connectivity index (χ0n) is 11.4. The molecule has 0 aromatic carbocycles. The van der Waals surface area contributed by atoms with E-state index in [4.69, 9.17) is 20.4 Å². The van der Waals surface area contributed by atoms with Crippen molar-refractivity contribution in [2.75, 3.05) is 33.5 Å². The highest BCUT2D eigenvalue weighted by Gasteiger charge is 2.26. The van der Waals surface area contributed by atoms with E-state index in [1.807, 2.05) is 13.8 Å². The van der Waals surface area contributed by atoms with Crippen LogP contribution in [0.5, 0.6) is 0 Å². The van der Waals surface area contributed by atoms with E-state index in [0.717, 1.165) is 5.57 Å². The van der Waals surface area contributed by atoms with Crippen LogP contribution in [0.4, 0.5) is 0 Å². The van der Waals surface area contributed by atoms with E-state index in [9.17, 15) is 4.79 Å². The zero-order chi connectivity index (χ0) is 14.8. The molecule has 0 aromatic rings. The number of hydrogen-bond donors (Lipinski definition) is 4. The molecule has 0 rings (SSSR count). The van der Waals surface area contributed by atoms with Gasteiger partial charge in [0.2, 0.25) is 0 Å². The lowest BCUT2D eigenvalue weighted by Gasteiger charge is -2.23. The fraction of sp³-hybridized carbons (Fsp3) is 0.750. The molecule has 0 radical (unpaired) electrons. The third-order valence-electron chi connectivity index (χ3n) is 2.58. The predicted octanol–water partition coefficient (Wildman–Crippen LogP) is -0.542. The SMILES string of the molecule is COC(=O)C(C)=C(C)C.OCC(CO)(CO)CO. The Morgan fingerprint density at radius 2 is 1.28 bits per heavy atom. The van der Waals surface area contributed by atoms with E-state index in [1.165, 1.54) is 7.11 Å². The Bertz CT molecular complexity index is 246. The summed E-state index contributed by atoms with van der Waals surface area (Å²) in [7, 11) is 1.38. The summed E-state index contributed by atoms with van der Waals surface area (Å²) >= 11 is 0. The van der Waals surface area contributed by atoms with Crippen molar-refractivity contribution in [1.29, 1.82) is 0 Å². The third kappa shape index (κ3) is 6.70. The molecule has 0 unspecified atom stereocenters. The highest BCUT2D eigenvalue weighted by Crippen LogP contribution is 2.11. The van der Waals surface area contributed by atoms with Gasteiger partial charge in [-0.3, -0.25) is 0 Å². The highest BCUT2D eigenvalue weighted by atomic mass is 16.5. The molecule has 0 bridgehead atoms. The minimum absolute atomic E-state index is 0.241. The maximum atomic E-state index is 10.7. The van der Waals surface area contributed by atoms with Gasteiger partial charge in [-0.25, -0.2) is 4.79 Å². The molecule has 0 saturated heterocycles. The van der Waals surface area contributed by atoms with Crippen LogP contribution < -0.4 is 0 Å². The van der Waals surface area contributed by atoms with Gasteiger partial charge in [0, 0.05) is 5.57 Å². The van der Waals surface area contributed by atoms with Crippen LogP contribution in [0.3, 0.4) is 0 Å². The maximum absolute atomic E-state index is 10.7. The van der Waals surface area contributed by atoms with Crippen molar-refractivity contribution in [3.05, 3.63) is 11.1 Å². The van der Waals surface area contributed by atoms with Gasteiger partial charge >= 0.3 is 5.97 Å². The van der Waals surface area contributed by atoms with E-state index in [1.54, 1.807) is 6.92 Å². The summed E-state index contributed by atoms with van der Waals surface area (Å²) in [6, 6.07) is 0. The Kier molecular flexibility index (Phi) is 10.8. The minimum atomic E-state index is -1.11. The maximum Gasteiger partial charge on any atom is 0.333 e. The fourth-order valence-corrected chi connectivity index (χ4v) is 0.657. The molecule has 0 heterocycles. The van der Waals surface area contributed by atoms with Crippen LogP contribution in [-0.4, -0.2) is 59.9 Å². The first-order chi connectivity index (χ1) is 8.33. The van der Waals surface area contributed by atoms with Crippen molar-refractivity contribution >= 4 is 5.97 Å². The van der Waals surface area contributed by atoms with Crippen LogP contribution in [-0.2, 0) is 9.53 Å². The second-order valence-corrected chi connectivity index (χ2v) is 4.25. The number of aliphatic hydroxyl groups is 4. The molecule has 0 aromatic heterocycles. The normalized spacial score (nSPS) is 10.2. The van der Waals surface area contributed by atoms with Crippen molar-refractivity contribution in [1.82, 2.24) is 0 Å². The molecule has 0 spiro atoms. The third-order valence-corrected chi connectivity index (χ3v) is 2.58. The second kappa shape index (κ2) is 10.0. The molecule has 0 aliphatic rings. The number of hydrogen-bond acceptors (Lipinski definition) is 6. The van der Waals surface area contributed by atoms with Gasteiger partial charge in [-0.2, -0.15) is 0 Å². The monoisotopic (exact) mass is 264 g/mol. The molecule has 0 saturated carbocycles. The number of carbonyl (C=O) groups is 1. The van der Waals surface area contributed by atoms with E-state index >= 15 is 0 Å². The number of rotatable bonds is 5. The van der Waals surface area contributed by atoms with Gasteiger partial charge in [0.15, 0.2) is 0 Å². The van der Waals surface area contributed by atoms with Crippen LogP contribution in [0.25, 0.3) is 0 Å². The van der Waals surface area contributed by atoms with Gasteiger partial charge in [-0.15, -0.1) is 0 Å². The Hall–Kier alpha value is -0.950. The first kappa shape index (κ1) is 19.4. The number of carbonyl (C=O) groups excluding carboxylic acids is 1. The van der Waals surface area contributed by atoms with E-state index in [-0.39, 0.29) is 5.97 Å². The molecule has 0 fully saturated rings. The summed E-state index contributed by atoms with van der Waals surface area (Å²) in [5.74, 6) is -0.241. The summed E-state index contributed by atoms with van der Waals surface area (Å²) in [5.41, 5.74) is 0.583. The summed E-state index contributed by atoms with van der Waals surface area (Å²) in [6.07, 6.45) is 0. The second-order valence-electron chi connectivity index (χ2n) is 4.25. The quantitative estimate of drug-likeness (QED) is 0.392. The summed E-state index contributed by atoms with van der Waals surface area (Å²) in [6.45, 7) is 3.89. The highest BCUT2D eigenvalue weighted by molar-refractivity contribution is 5.88. The number of methoxy groups -OCH3 is 1. The van der Waals surface area contributed by atoms with Crippen LogP contribution in [0.15, 0.2) is 11.1 Å². The molecular weight excluding hydrogens is 240 g/mol. The lowest BCUT2D eigenvalue weighted by atomic mass is 9.93. The molecule has 0 aliphatic heterocycles. The first-order valence-corrected chi connectivity index (χ1v) is 5.50. The molecule has 0 atom stereocenters. The van der Waals surface area contributed by atoms with Gasteiger partial charge in [-0.1, -0.05) is 5.57 Å². The van der Waals surface area contributed by atoms with E-state index in [0.29, 0.717) is 5.57 Å². The number of ether oxygens (including phenoxy) is 1. The first-order valence-electron chi connectivity index (χ1n) is 5.50. The Balaban J connectivity index is 0. The summed E-state index contributed by atoms with van der Waals surface area (Å²) in [5, 5.41) is 34.0. The average molecular weight is 264 g/mol. The lowest BCUT2D eigenvalue weighted by Crippen LogP contribution is -2.37. The van der Waals surface area contributed by atoms with E-state index < -0.39 is 31.8 Å². The average Bonchev–Trinajstić information content (AvgIpc) is 2.41. The van der Waals surface area contributed by atoms with Crippen molar-refractivity contribution in [2.24, 2.45) is 5.41 Å². The zero-order valence-corrected chi connectivity index (χ0v) is 11.4. The van der Waals surface area contributed by atoms with Gasteiger partial charge in [0.1, 0.15) is 0 Å². The Morgan fingerprint density at radius 3 is 1.33 bits per heavy atom. The molecule has 6 heteroatoms. The number of esters is 1. The molecule has 6 nitrogen and oxygen atoms in total. The van der Waals surface area contributed by atoms with Crippen LogP contribution in [0.2, 0.25) is 0 Å². The lowest BCUT2D eigenvalue weighted by molar-refractivity contribution is -0.136. The van der Waals surface area contributed by atoms with Gasteiger partial charge in [-0.05, 0) is 20.8 Å². The summed E-state index contributed by atoms with van der Waals surface area (Å²) < 4.78 is 4.48. The van der Waals surface area contributed by atoms with Crippen molar-refractivity contribution in [3.63, 3.8) is 0 Å². The molecular formula is C12H24O6. The van der Waals surface area contributed by atoms with Gasteiger partial charge < -0.3 is 25.2 Å².